The fourth-order valence-corrected chi connectivity index (χ4v) is 4.42. The summed E-state index contributed by atoms with van der Waals surface area (Å²) >= 11 is 3.44. The highest BCUT2D eigenvalue weighted by Gasteiger charge is 2.46. The maximum atomic E-state index is 13.4. The number of carbonyl (C=O) groups excluding carboxylic acids is 3. The Hall–Kier alpha value is -2.65. The number of aliphatic hydroxyl groups excluding tert-OH is 1. The Kier molecular flexibility index (Phi) is 8.31. The molecule has 2 amide bonds. The summed E-state index contributed by atoms with van der Waals surface area (Å²) in [7, 11) is 0. The molecule has 1 saturated heterocycles. The van der Waals surface area contributed by atoms with Gasteiger partial charge in [-0.25, -0.2) is 9.69 Å². The van der Waals surface area contributed by atoms with Gasteiger partial charge in [0, 0.05) is 20.0 Å². The summed E-state index contributed by atoms with van der Waals surface area (Å²) in [4.78, 5) is 38.9. The molecule has 1 fully saturated rings. The molecule has 0 radical (unpaired) electrons. The van der Waals surface area contributed by atoms with E-state index in [1.807, 2.05) is 30.3 Å². The lowest BCUT2D eigenvalue weighted by Crippen LogP contribution is -2.43. The summed E-state index contributed by atoms with van der Waals surface area (Å²) < 4.78 is 17.6. The van der Waals surface area contributed by atoms with Crippen LogP contribution >= 0.6 is 15.9 Å². The fraction of sp³-hybridized carbons (Fsp3) is 0.458. The van der Waals surface area contributed by atoms with E-state index in [9.17, 15) is 14.4 Å². The summed E-state index contributed by atoms with van der Waals surface area (Å²) in [5.41, 5.74) is 0.792. The molecule has 0 unspecified atom stereocenters. The largest absolute Gasteiger partial charge is 0.461 e. The van der Waals surface area contributed by atoms with Crippen molar-refractivity contribution in [2.45, 2.75) is 58.3 Å². The zero-order chi connectivity index (χ0) is 24.1. The van der Waals surface area contributed by atoms with Crippen LogP contribution in [0.2, 0.25) is 0 Å². The standard InChI is InChI=1S/C24H28BrNO7/c1-14(21(31-16(3)28)20-13-18(25)19(32-20)11-7-8-12-27)23(29)26-15(2)22(33-24(26)30)17-9-5-4-6-10-17/h4-6,9-10,13-15,21-22,27H,7-8,11-12H2,1-3H3/t14-,15-,21-,22-/m1/s1. The van der Waals surface area contributed by atoms with Crippen molar-refractivity contribution >= 4 is 33.9 Å². The first-order valence-corrected chi connectivity index (χ1v) is 11.7. The SMILES string of the molecule is CC(=O)O[C@@H](c1cc(Br)c(CCCCO)o1)[C@@H](C)C(=O)N1C(=O)O[C@@H](c2ccccc2)[C@H]1C. The number of rotatable bonds is 9. The van der Waals surface area contributed by atoms with Crippen LogP contribution in [0.15, 0.2) is 45.3 Å². The van der Waals surface area contributed by atoms with Gasteiger partial charge in [-0.2, -0.15) is 0 Å². The van der Waals surface area contributed by atoms with E-state index in [0.717, 1.165) is 10.5 Å². The molecule has 1 aliphatic rings. The van der Waals surface area contributed by atoms with E-state index in [1.54, 1.807) is 19.9 Å². The van der Waals surface area contributed by atoms with Gasteiger partial charge in [-0.1, -0.05) is 30.3 Å². The van der Waals surface area contributed by atoms with Crippen LogP contribution in [0.25, 0.3) is 0 Å². The quantitative estimate of drug-likeness (QED) is 0.376. The monoisotopic (exact) mass is 521 g/mol. The van der Waals surface area contributed by atoms with Crippen molar-refractivity contribution in [2.75, 3.05) is 6.61 Å². The number of halogens is 1. The first-order valence-electron chi connectivity index (χ1n) is 10.9. The normalized spacial score (nSPS) is 19.8. The molecule has 8 nitrogen and oxygen atoms in total. The third kappa shape index (κ3) is 5.65. The minimum absolute atomic E-state index is 0.0842. The Morgan fingerprint density at radius 1 is 1.24 bits per heavy atom. The Morgan fingerprint density at radius 2 is 1.94 bits per heavy atom. The molecule has 1 aliphatic heterocycles. The van der Waals surface area contributed by atoms with Crippen LogP contribution in [0.1, 0.15) is 62.9 Å². The van der Waals surface area contributed by atoms with Crippen LogP contribution in [0, 0.1) is 5.92 Å². The van der Waals surface area contributed by atoms with E-state index in [2.05, 4.69) is 15.9 Å². The van der Waals surface area contributed by atoms with Crippen molar-refractivity contribution in [1.82, 2.24) is 4.90 Å². The maximum absolute atomic E-state index is 13.4. The topological polar surface area (TPSA) is 106 Å². The van der Waals surface area contributed by atoms with Crippen LogP contribution in [-0.4, -0.2) is 40.6 Å². The number of furan rings is 1. The molecular formula is C24H28BrNO7. The molecule has 1 aromatic carbocycles. The maximum Gasteiger partial charge on any atom is 0.417 e. The summed E-state index contributed by atoms with van der Waals surface area (Å²) in [6.45, 7) is 4.67. The van der Waals surface area contributed by atoms with Crippen LogP contribution in [-0.2, 0) is 25.5 Å². The predicted octanol–water partition coefficient (Wildman–Crippen LogP) is 4.71. The van der Waals surface area contributed by atoms with E-state index in [1.165, 1.54) is 6.92 Å². The fourth-order valence-electron chi connectivity index (χ4n) is 3.91. The molecule has 0 bridgehead atoms. The zero-order valence-corrected chi connectivity index (χ0v) is 20.4. The second-order valence-corrected chi connectivity index (χ2v) is 8.94. The van der Waals surface area contributed by atoms with Gasteiger partial charge in [-0.3, -0.25) is 9.59 Å². The number of amides is 2. The van der Waals surface area contributed by atoms with Gasteiger partial charge in [0.1, 0.15) is 17.6 Å². The summed E-state index contributed by atoms with van der Waals surface area (Å²) in [5, 5.41) is 9.00. The molecule has 4 atom stereocenters. The van der Waals surface area contributed by atoms with Crippen LogP contribution in [0.4, 0.5) is 4.79 Å². The number of carbonyl (C=O) groups is 3. The number of benzene rings is 1. The summed E-state index contributed by atoms with van der Waals surface area (Å²) in [6, 6.07) is 10.4. The number of nitrogens with zero attached hydrogens (tertiary/aromatic N) is 1. The molecule has 2 heterocycles. The van der Waals surface area contributed by atoms with Crippen molar-refractivity contribution in [3.05, 3.63) is 58.0 Å². The number of aliphatic hydroxyl groups is 1. The second-order valence-electron chi connectivity index (χ2n) is 8.08. The highest BCUT2D eigenvalue weighted by Crippen LogP contribution is 2.37. The average molecular weight is 522 g/mol. The molecule has 3 rings (SSSR count). The van der Waals surface area contributed by atoms with Crippen molar-refractivity contribution in [3.63, 3.8) is 0 Å². The molecule has 9 heteroatoms. The number of imide groups is 1. The zero-order valence-electron chi connectivity index (χ0n) is 18.8. The van der Waals surface area contributed by atoms with Gasteiger partial charge in [0.2, 0.25) is 5.91 Å². The third-order valence-electron chi connectivity index (χ3n) is 5.64. The van der Waals surface area contributed by atoms with Gasteiger partial charge >= 0.3 is 12.1 Å². The Balaban J connectivity index is 1.82. The minimum atomic E-state index is -1.02. The number of ether oxygens (including phenoxy) is 2. The summed E-state index contributed by atoms with van der Waals surface area (Å²) in [6.07, 6.45) is -0.425. The molecule has 0 aliphatic carbocycles. The van der Waals surface area contributed by atoms with E-state index in [0.29, 0.717) is 35.3 Å². The first-order chi connectivity index (χ1) is 15.7. The van der Waals surface area contributed by atoms with Gasteiger partial charge in [-0.15, -0.1) is 0 Å². The van der Waals surface area contributed by atoms with Crippen molar-refractivity contribution in [2.24, 2.45) is 5.92 Å². The van der Waals surface area contributed by atoms with Crippen molar-refractivity contribution in [1.29, 1.82) is 0 Å². The molecule has 0 spiro atoms. The van der Waals surface area contributed by atoms with Gasteiger partial charge in [0.15, 0.2) is 6.10 Å². The predicted molar refractivity (Wildman–Crippen MR) is 122 cm³/mol. The van der Waals surface area contributed by atoms with Gasteiger partial charge in [0.25, 0.3) is 0 Å². The van der Waals surface area contributed by atoms with Gasteiger partial charge in [0.05, 0.1) is 16.4 Å². The molecule has 0 saturated carbocycles. The van der Waals surface area contributed by atoms with Crippen LogP contribution in [0.5, 0.6) is 0 Å². The highest BCUT2D eigenvalue weighted by molar-refractivity contribution is 9.10. The number of hydrogen-bond acceptors (Lipinski definition) is 7. The number of hydrogen-bond donors (Lipinski definition) is 1. The number of esters is 1. The van der Waals surface area contributed by atoms with Crippen molar-refractivity contribution in [3.8, 4) is 0 Å². The lowest BCUT2D eigenvalue weighted by molar-refractivity contribution is -0.154. The molecule has 1 aromatic heterocycles. The van der Waals surface area contributed by atoms with Crippen molar-refractivity contribution < 1.29 is 33.4 Å². The summed E-state index contributed by atoms with van der Waals surface area (Å²) in [5.74, 6) is -1.06. The minimum Gasteiger partial charge on any atom is -0.461 e. The third-order valence-corrected chi connectivity index (χ3v) is 6.31. The van der Waals surface area contributed by atoms with Gasteiger partial charge in [-0.05, 0) is 54.2 Å². The molecule has 33 heavy (non-hydrogen) atoms. The smallest absolute Gasteiger partial charge is 0.417 e. The van der Waals surface area contributed by atoms with E-state index in [-0.39, 0.29) is 6.61 Å². The highest BCUT2D eigenvalue weighted by atomic mass is 79.9. The Morgan fingerprint density at radius 3 is 2.58 bits per heavy atom. The molecule has 2 aromatic rings. The average Bonchev–Trinajstić information content (AvgIpc) is 3.30. The van der Waals surface area contributed by atoms with E-state index in [4.69, 9.17) is 19.0 Å². The van der Waals surface area contributed by atoms with E-state index >= 15 is 0 Å². The number of aryl methyl sites for hydroxylation is 1. The Labute approximate surface area is 201 Å². The molecular weight excluding hydrogens is 494 g/mol. The van der Waals surface area contributed by atoms with Gasteiger partial charge < -0.3 is 19.0 Å². The Bertz CT molecular complexity index is 990. The first kappa shape index (κ1) is 25.0. The molecule has 1 N–H and O–H groups in total. The second kappa shape index (κ2) is 11.0. The lowest BCUT2D eigenvalue weighted by atomic mass is 9.98. The molecule has 178 valence electrons. The number of unbranched alkanes of at least 4 members (excludes halogenated alkanes) is 1. The lowest BCUT2D eigenvalue weighted by Gasteiger charge is -2.26. The van der Waals surface area contributed by atoms with Crippen LogP contribution in [0.3, 0.4) is 0 Å². The van der Waals surface area contributed by atoms with E-state index < -0.39 is 42.1 Å². The van der Waals surface area contributed by atoms with Crippen LogP contribution < -0.4 is 0 Å². The number of cyclic esters (lactones) is 1.